The first-order valence-electron chi connectivity index (χ1n) is 5.64. The van der Waals surface area contributed by atoms with E-state index < -0.39 is 6.09 Å². The van der Waals surface area contributed by atoms with Gasteiger partial charge in [-0.05, 0) is 18.1 Å². The van der Waals surface area contributed by atoms with E-state index in [1.54, 1.807) is 0 Å². The van der Waals surface area contributed by atoms with E-state index in [1.165, 1.54) is 26.4 Å². The lowest BCUT2D eigenvalue weighted by molar-refractivity contribution is -0.119. The average molecular weight is 266 g/mol. The van der Waals surface area contributed by atoms with E-state index in [0.717, 1.165) is 10.6 Å². The van der Waals surface area contributed by atoms with Crippen molar-refractivity contribution in [2.45, 2.75) is 12.8 Å². The van der Waals surface area contributed by atoms with Gasteiger partial charge in [-0.1, -0.05) is 0 Å². The first-order valence-corrected chi connectivity index (χ1v) is 5.64. The summed E-state index contributed by atoms with van der Waals surface area (Å²) in [5, 5.41) is 10.8. The monoisotopic (exact) mass is 266 g/mol. The van der Waals surface area contributed by atoms with E-state index in [-0.39, 0.29) is 23.8 Å². The molecule has 0 unspecified atom stereocenters. The van der Waals surface area contributed by atoms with Gasteiger partial charge >= 0.3 is 6.09 Å². The number of hydrazine groups is 1. The summed E-state index contributed by atoms with van der Waals surface area (Å²) in [4.78, 5) is 23.1. The number of nitrogens with one attached hydrogen (secondary N) is 1. The first kappa shape index (κ1) is 13.0. The Morgan fingerprint density at radius 3 is 2.74 bits per heavy atom. The normalized spacial score (nSPS) is 13.8. The van der Waals surface area contributed by atoms with Crippen LogP contribution in [0.1, 0.15) is 12.0 Å². The molecule has 2 rings (SSSR count). The number of amides is 2. The van der Waals surface area contributed by atoms with Crippen molar-refractivity contribution in [3.05, 3.63) is 17.7 Å². The molecule has 19 heavy (non-hydrogen) atoms. The van der Waals surface area contributed by atoms with Crippen LogP contribution in [0.2, 0.25) is 0 Å². The van der Waals surface area contributed by atoms with Crippen LogP contribution in [0.15, 0.2) is 12.1 Å². The molecule has 2 amide bonds. The number of phenols is 1. The van der Waals surface area contributed by atoms with E-state index in [2.05, 4.69) is 10.2 Å². The zero-order valence-electron chi connectivity index (χ0n) is 10.6. The number of ether oxygens (including phenoxy) is 2. The second-order valence-electron chi connectivity index (χ2n) is 3.99. The van der Waals surface area contributed by atoms with Crippen LogP contribution >= 0.6 is 0 Å². The van der Waals surface area contributed by atoms with Crippen LogP contribution in [0.3, 0.4) is 0 Å². The second kappa shape index (κ2) is 5.05. The van der Waals surface area contributed by atoms with Gasteiger partial charge in [0.2, 0.25) is 5.91 Å². The first-order chi connectivity index (χ1) is 9.06. The van der Waals surface area contributed by atoms with Crippen LogP contribution in [0.4, 0.5) is 10.5 Å². The summed E-state index contributed by atoms with van der Waals surface area (Å²) in [5.41, 5.74) is 3.54. The Labute approximate surface area is 109 Å². The van der Waals surface area contributed by atoms with Crippen molar-refractivity contribution >= 4 is 17.7 Å². The molecule has 0 saturated heterocycles. The molecule has 0 bridgehead atoms. The van der Waals surface area contributed by atoms with Crippen molar-refractivity contribution in [2.24, 2.45) is 0 Å². The molecule has 0 atom stereocenters. The molecule has 0 aliphatic carbocycles. The van der Waals surface area contributed by atoms with E-state index in [1.807, 2.05) is 0 Å². The smallest absolute Gasteiger partial charge is 0.426 e. The molecule has 1 aromatic rings. The lowest BCUT2D eigenvalue weighted by atomic mass is 10.0. The molecule has 0 aromatic heterocycles. The van der Waals surface area contributed by atoms with Gasteiger partial charge in [0, 0.05) is 12.5 Å². The Hall–Kier alpha value is -2.44. The minimum Gasteiger partial charge on any atom is -0.504 e. The number of nitrogens with zero attached hydrogens (tertiary/aromatic N) is 1. The number of hydrogen-bond donors (Lipinski definition) is 2. The van der Waals surface area contributed by atoms with Crippen LogP contribution in [-0.2, 0) is 16.0 Å². The van der Waals surface area contributed by atoms with Gasteiger partial charge in [-0.25, -0.2) is 15.2 Å². The van der Waals surface area contributed by atoms with Gasteiger partial charge in [-0.3, -0.25) is 4.79 Å². The van der Waals surface area contributed by atoms with Crippen LogP contribution in [0, 0.1) is 0 Å². The Kier molecular flexibility index (Phi) is 3.46. The molecule has 1 aliphatic heterocycles. The number of carbonyl (C=O) groups excluding carboxylic acids is 2. The topological polar surface area (TPSA) is 88.1 Å². The summed E-state index contributed by atoms with van der Waals surface area (Å²) in [5.74, 6) is -0.0376. The summed E-state index contributed by atoms with van der Waals surface area (Å²) < 4.78 is 9.47. The zero-order valence-corrected chi connectivity index (χ0v) is 10.6. The average Bonchev–Trinajstić information content (AvgIpc) is 2.41. The molecule has 0 fully saturated rings. The van der Waals surface area contributed by atoms with Crippen LogP contribution in [0.25, 0.3) is 0 Å². The highest BCUT2D eigenvalue weighted by Crippen LogP contribution is 2.36. The number of aromatic hydroxyl groups is 1. The number of aryl methyl sites for hydroxylation is 1. The van der Waals surface area contributed by atoms with Crippen LogP contribution < -0.4 is 15.2 Å². The Balaban J connectivity index is 2.42. The molecular weight excluding hydrogens is 252 g/mol. The molecule has 0 radical (unpaired) electrons. The predicted molar refractivity (Wildman–Crippen MR) is 66.0 cm³/mol. The van der Waals surface area contributed by atoms with Gasteiger partial charge in [0.25, 0.3) is 0 Å². The number of anilines is 1. The molecule has 7 heteroatoms. The van der Waals surface area contributed by atoms with Crippen LogP contribution in [0.5, 0.6) is 11.5 Å². The highest BCUT2D eigenvalue weighted by molar-refractivity contribution is 5.98. The molecule has 7 nitrogen and oxygen atoms in total. The summed E-state index contributed by atoms with van der Waals surface area (Å²) in [6.07, 6.45) is -0.0124. The van der Waals surface area contributed by atoms with Crippen molar-refractivity contribution in [3.8, 4) is 11.5 Å². The summed E-state index contributed by atoms with van der Waals surface area (Å²) in [6, 6.07) is 3.02. The number of rotatable bonds is 2. The molecule has 1 aliphatic rings. The van der Waals surface area contributed by atoms with Crippen molar-refractivity contribution in [1.29, 1.82) is 0 Å². The predicted octanol–water partition coefficient (Wildman–Crippen LogP) is 0.951. The minimum absolute atomic E-state index is 0.00591. The third kappa shape index (κ3) is 2.40. The van der Waals surface area contributed by atoms with E-state index >= 15 is 0 Å². The maximum atomic E-state index is 11.8. The summed E-state index contributed by atoms with van der Waals surface area (Å²) in [6.45, 7) is 0. The number of benzene rings is 1. The maximum Gasteiger partial charge on any atom is 0.426 e. The van der Waals surface area contributed by atoms with Crippen molar-refractivity contribution in [3.63, 3.8) is 0 Å². The van der Waals surface area contributed by atoms with Gasteiger partial charge in [0.15, 0.2) is 11.5 Å². The van der Waals surface area contributed by atoms with Gasteiger partial charge < -0.3 is 14.6 Å². The fourth-order valence-corrected chi connectivity index (χ4v) is 1.92. The van der Waals surface area contributed by atoms with Crippen molar-refractivity contribution < 1.29 is 24.2 Å². The third-order valence-electron chi connectivity index (χ3n) is 2.87. The quantitative estimate of drug-likeness (QED) is 0.832. The SMILES string of the molecule is COC(=O)NN1C(=O)CCc2cc(O)c(OC)cc21. The molecule has 102 valence electrons. The lowest BCUT2D eigenvalue weighted by Gasteiger charge is -2.29. The van der Waals surface area contributed by atoms with E-state index in [0.29, 0.717) is 12.1 Å². The maximum absolute atomic E-state index is 11.8. The number of fused-ring (bicyclic) bond motifs is 1. The minimum atomic E-state index is -0.742. The number of methoxy groups -OCH3 is 2. The lowest BCUT2D eigenvalue weighted by Crippen LogP contribution is -2.48. The van der Waals surface area contributed by atoms with Crippen LogP contribution in [-0.4, -0.2) is 31.3 Å². The zero-order chi connectivity index (χ0) is 14.0. The fraction of sp³-hybridized carbons (Fsp3) is 0.333. The highest BCUT2D eigenvalue weighted by Gasteiger charge is 2.27. The van der Waals surface area contributed by atoms with E-state index in [9.17, 15) is 14.7 Å². The Morgan fingerprint density at radius 2 is 2.11 bits per heavy atom. The van der Waals surface area contributed by atoms with Gasteiger partial charge in [-0.2, -0.15) is 0 Å². The van der Waals surface area contributed by atoms with Crippen molar-refractivity contribution in [1.82, 2.24) is 5.43 Å². The summed E-state index contributed by atoms with van der Waals surface area (Å²) in [7, 11) is 2.62. The molecule has 0 spiro atoms. The number of phenolic OH excluding ortho intramolecular Hbond substituents is 1. The van der Waals surface area contributed by atoms with Gasteiger partial charge in [0.1, 0.15) is 0 Å². The standard InChI is InChI=1S/C12H14N2O5/c1-18-10-6-8-7(5-9(10)15)3-4-11(16)14(8)13-12(17)19-2/h5-6,15H,3-4H2,1-2H3,(H,13,17). The van der Waals surface area contributed by atoms with E-state index in [4.69, 9.17) is 4.74 Å². The number of carbonyl (C=O) groups is 2. The molecule has 2 N–H and O–H groups in total. The van der Waals surface area contributed by atoms with Crippen molar-refractivity contribution in [2.75, 3.05) is 19.2 Å². The fourth-order valence-electron chi connectivity index (χ4n) is 1.92. The summed E-state index contributed by atoms with van der Waals surface area (Å²) >= 11 is 0. The second-order valence-corrected chi connectivity index (χ2v) is 3.99. The largest absolute Gasteiger partial charge is 0.504 e. The number of hydrogen-bond acceptors (Lipinski definition) is 5. The van der Waals surface area contributed by atoms with Gasteiger partial charge in [0.05, 0.1) is 19.9 Å². The third-order valence-corrected chi connectivity index (χ3v) is 2.87. The molecule has 1 heterocycles. The Bertz CT molecular complexity index is 529. The molecule has 1 aromatic carbocycles. The molecule has 0 saturated carbocycles. The highest BCUT2D eigenvalue weighted by atomic mass is 16.5. The van der Waals surface area contributed by atoms with Gasteiger partial charge in [-0.15, -0.1) is 0 Å². The Morgan fingerprint density at radius 1 is 1.37 bits per heavy atom. The molecular formula is C12H14N2O5.